The van der Waals surface area contributed by atoms with Crippen molar-refractivity contribution in [2.45, 2.75) is 13.8 Å². The average molecular weight is 374 g/mol. The van der Waals surface area contributed by atoms with Gasteiger partial charge in [-0.1, -0.05) is 30.3 Å². The lowest BCUT2D eigenvalue weighted by Crippen LogP contribution is -2.06. The van der Waals surface area contributed by atoms with Crippen LogP contribution < -0.4 is 0 Å². The van der Waals surface area contributed by atoms with Crippen molar-refractivity contribution in [1.82, 2.24) is 4.98 Å². The SMILES string of the molecule is CCOC(=O)c1c(C)oc2c1c(/C=N/c1ccccn1)c(O)c1ccccc12. The Hall–Kier alpha value is -3.67. The summed E-state index contributed by atoms with van der Waals surface area (Å²) in [5, 5.41) is 12.8. The fraction of sp³-hybridized carbons (Fsp3) is 0.136. The van der Waals surface area contributed by atoms with Crippen LogP contribution in [-0.2, 0) is 4.74 Å². The molecule has 0 bridgehead atoms. The number of hydrogen-bond donors (Lipinski definition) is 1. The largest absolute Gasteiger partial charge is 0.507 e. The van der Waals surface area contributed by atoms with Crippen molar-refractivity contribution >= 4 is 39.7 Å². The Labute approximate surface area is 161 Å². The van der Waals surface area contributed by atoms with Crippen molar-refractivity contribution in [1.29, 1.82) is 0 Å². The Morgan fingerprint density at radius 2 is 1.96 bits per heavy atom. The predicted molar refractivity (Wildman–Crippen MR) is 108 cm³/mol. The van der Waals surface area contributed by atoms with Gasteiger partial charge in [-0.15, -0.1) is 0 Å². The van der Waals surface area contributed by atoms with Gasteiger partial charge in [0, 0.05) is 34.1 Å². The zero-order valence-corrected chi connectivity index (χ0v) is 15.5. The van der Waals surface area contributed by atoms with Crippen molar-refractivity contribution in [3.8, 4) is 5.75 Å². The molecule has 0 radical (unpaired) electrons. The summed E-state index contributed by atoms with van der Waals surface area (Å²) in [5.74, 6) is 0.438. The molecule has 0 fully saturated rings. The molecule has 0 spiro atoms. The number of aryl methyl sites for hydroxylation is 1. The highest BCUT2D eigenvalue weighted by Crippen LogP contribution is 2.40. The summed E-state index contributed by atoms with van der Waals surface area (Å²) in [6.45, 7) is 3.69. The van der Waals surface area contributed by atoms with E-state index in [1.165, 1.54) is 6.21 Å². The van der Waals surface area contributed by atoms with Crippen LogP contribution >= 0.6 is 0 Å². The van der Waals surface area contributed by atoms with E-state index in [0.29, 0.717) is 44.4 Å². The highest BCUT2D eigenvalue weighted by molar-refractivity contribution is 6.21. The number of rotatable bonds is 4. The lowest BCUT2D eigenvalue weighted by molar-refractivity contribution is 0.0526. The molecule has 6 heteroatoms. The van der Waals surface area contributed by atoms with Gasteiger partial charge in [0.25, 0.3) is 0 Å². The second kappa shape index (κ2) is 7.15. The molecular weight excluding hydrogens is 356 g/mol. The molecule has 140 valence electrons. The third kappa shape index (κ3) is 2.89. The zero-order chi connectivity index (χ0) is 19.7. The Bertz CT molecular complexity index is 1210. The Morgan fingerprint density at radius 1 is 1.21 bits per heavy atom. The topological polar surface area (TPSA) is 84.9 Å². The monoisotopic (exact) mass is 374 g/mol. The first-order valence-corrected chi connectivity index (χ1v) is 8.90. The standard InChI is InChI=1S/C22H18N2O4/c1-3-27-22(26)18-13(2)28-21-15-9-5-4-8-14(15)20(25)16(19(18)21)12-24-17-10-6-7-11-23-17/h4-12,25H,3H2,1-2H3/b24-12+. The molecule has 2 aromatic heterocycles. The van der Waals surface area contributed by atoms with E-state index in [9.17, 15) is 9.90 Å². The third-order valence-electron chi connectivity index (χ3n) is 4.49. The molecule has 0 saturated carbocycles. The summed E-state index contributed by atoms with van der Waals surface area (Å²) in [4.78, 5) is 21.1. The van der Waals surface area contributed by atoms with Crippen LogP contribution in [0.2, 0.25) is 0 Å². The van der Waals surface area contributed by atoms with Gasteiger partial charge >= 0.3 is 5.97 Å². The van der Waals surface area contributed by atoms with E-state index in [4.69, 9.17) is 9.15 Å². The number of fused-ring (bicyclic) bond motifs is 3. The number of nitrogens with zero attached hydrogens (tertiary/aromatic N) is 2. The molecule has 1 N–H and O–H groups in total. The molecular formula is C22H18N2O4. The fourth-order valence-corrected chi connectivity index (χ4v) is 3.28. The molecule has 4 rings (SSSR count). The number of aliphatic imine (C=N–C) groups is 1. The maximum Gasteiger partial charge on any atom is 0.342 e. The quantitative estimate of drug-likeness (QED) is 0.405. The van der Waals surface area contributed by atoms with Gasteiger partial charge in [0.15, 0.2) is 5.82 Å². The Balaban J connectivity index is 2.06. The molecule has 2 aromatic carbocycles. The van der Waals surface area contributed by atoms with Gasteiger partial charge in [-0.25, -0.2) is 14.8 Å². The first-order valence-electron chi connectivity index (χ1n) is 8.90. The van der Waals surface area contributed by atoms with Gasteiger partial charge in [-0.2, -0.15) is 0 Å². The number of aromatic hydroxyl groups is 1. The highest BCUT2D eigenvalue weighted by atomic mass is 16.5. The predicted octanol–water partition coefficient (Wildman–Crippen LogP) is 4.92. The molecule has 0 atom stereocenters. The van der Waals surface area contributed by atoms with Crippen LogP contribution in [0.25, 0.3) is 21.7 Å². The molecule has 0 amide bonds. The summed E-state index contributed by atoms with van der Waals surface area (Å²) in [5.41, 5.74) is 1.19. The molecule has 0 aliphatic heterocycles. The first kappa shape index (κ1) is 17.7. The van der Waals surface area contributed by atoms with E-state index in [0.717, 1.165) is 0 Å². The van der Waals surface area contributed by atoms with Crippen molar-refractivity contribution < 1.29 is 19.1 Å². The minimum atomic E-state index is -0.499. The number of aromatic nitrogens is 1. The molecule has 0 aliphatic rings. The van der Waals surface area contributed by atoms with Gasteiger partial charge < -0.3 is 14.3 Å². The van der Waals surface area contributed by atoms with Crippen LogP contribution in [0.4, 0.5) is 5.82 Å². The van der Waals surface area contributed by atoms with Gasteiger partial charge in [-0.3, -0.25) is 0 Å². The molecule has 4 aromatic rings. The van der Waals surface area contributed by atoms with Crippen molar-refractivity contribution in [2.75, 3.05) is 6.61 Å². The van der Waals surface area contributed by atoms with E-state index in [2.05, 4.69) is 9.98 Å². The number of carbonyl (C=O) groups excluding carboxylic acids is 1. The second-order valence-electron chi connectivity index (χ2n) is 6.21. The number of phenolic OH excluding ortho intramolecular Hbond substituents is 1. The lowest BCUT2D eigenvalue weighted by atomic mass is 9.98. The van der Waals surface area contributed by atoms with E-state index < -0.39 is 5.97 Å². The van der Waals surface area contributed by atoms with Crippen LogP contribution in [0, 0.1) is 6.92 Å². The highest BCUT2D eigenvalue weighted by Gasteiger charge is 2.25. The molecule has 0 aliphatic carbocycles. The molecule has 6 nitrogen and oxygen atoms in total. The Morgan fingerprint density at radius 3 is 2.68 bits per heavy atom. The molecule has 0 unspecified atom stereocenters. The third-order valence-corrected chi connectivity index (χ3v) is 4.49. The lowest BCUT2D eigenvalue weighted by Gasteiger charge is -2.08. The van der Waals surface area contributed by atoms with E-state index >= 15 is 0 Å². The number of hydrogen-bond acceptors (Lipinski definition) is 6. The smallest absolute Gasteiger partial charge is 0.342 e. The van der Waals surface area contributed by atoms with Gasteiger partial charge in [-0.05, 0) is 26.0 Å². The van der Waals surface area contributed by atoms with Crippen LogP contribution in [0.1, 0.15) is 28.6 Å². The maximum absolute atomic E-state index is 12.6. The number of pyridine rings is 1. The van der Waals surface area contributed by atoms with Crippen LogP contribution in [0.15, 0.2) is 58.1 Å². The van der Waals surface area contributed by atoms with E-state index in [-0.39, 0.29) is 12.4 Å². The van der Waals surface area contributed by atoms with Gasteiger partial charge in [0.05, 0.1) is 6.61 Å². The van der Waals surface area contributed by atoms with Crippen LogP contribution in [0.3, 0.4) is 0 Å². The minimum Gasteiger partial charge on any atom is -0.507 e. The zero-order valence-electron chi connectivity index (χ0n) is 15.5. The number of phenols is 1. The number of furan rings is 1. The summed E-state index contributed by atoms with van der Waals surface area (Å²) in [6, 6.07) is 12.7. The second-order valence-corrected chi connectivity index (χ2v) is 6.21. The maximum atomic E-state index is 12.6. The molecule has 2 heterocycles. The number of ether oxygens (including phenoxy) is 1. The number of benzene rings is 2. The Kier molecular flexibility index (Phi) is 4.53. The van der Waals surface area contributed by atoms with Gasteiger partial charge in [0.1, 0.15) is 22.7 Å². The van der Waals surface area contributed by atoms with Crippen molar-refractivity contribution in [3.05, 3.63) is 65.5 Å². The summed E-state index contributed by atoms with van der Waals surface area (Å²) < 4.78 is 11.1. The summed E-state index contributed by atoms with van der Waals surface area (Å²) in [7, 11) is 0. The van der Waals surface area contributed by atoms with E-state index in [1.54, 1.807) is 38.2 Å². The van der Waals surface area contributed by atoms with Crippen molar-refractivity contribution in [2.24, 2.45) is 4.99 Å². The van der Waals surface area contributed by atoms with Crippen molar-refractivity contribution in [3.63, 3.8) is 0 Å². The first-order chi connectivity index (χ1) is 13.6. The summed E-state index contributed by atoms with van der Waals surface area (Å²) >= 11 is 0. The normalized spacial score (nSPS) is 11.5. The fourth-order valence-electron chi connectivity index (χ4n) is 3.28. The van der Waals surface area contributed by atoms with Gasteiger partial charge in [0.2, 0.25) is 0 Å². The number of esters is 1. The van der Waals surface area contributed by atoms with Crippen LogP contribution in [0.5, 0.6) is 5.75 Å². The van der Waals surface area contributed by atoms with E-state index in [1.807, 2.05) is 24.3 Å². The average Bonchev–Trinajstić information content (AvgIpc) is 3.06. The molecule has 0 saturated heterocycles. The minimum absolute atomic E-state index is 0.0223. The van der Waals surface area contributed by atoms with Crippen LogP contribution in [-0.4, -0.2) is 28.9 Å². The molecule has 28 heavy (non-hydrogen) atoms. The summed E-state index contributed by atoms with van der Waals surface area (Å²) in [6.07, 6.45) is 3.14. The number of carbonyl (C=O) groups is 1.